The zero-order valence-electron chi connectivity index (χ0n) is 29.2. The van der Waals surface area contributed by atoms with E-state index in [0.29, 0.717) is 78.5 Å². The summed E-state index contributed by atoms with van der Waals surface area (Å²) >= 11 is 1.55. The van der Waals surface area contributed by atoms with Crippen molar-refractivity contribution in [3.63, 3.8) is 0 Å². The number of para-hydroxylation sites is 2. The van der Waals surface area contributed by atoms with E-state index in [0.717, 1.165) is 31.4 Å². The van der Waals surface area contributed by atoms with Gasteiger partial charge in [-0.15, -0.1) is 0 Å². The second-order valence-electron chi connectivity index (χ2n) is 13.8. The summed E-state index contributed by atoms with van der Waals surface area (Å²) in [6, 6.07) is 11.2. The van der Waals surface area contributed by atoms with Gasteiger partial charge in [0, 0.05) is 37.7 Å². The molecule has 51 heavy (non-hydrogen) atoms. The van der Waals surface area contributed by atoms with Gasteiger partial charge in [0.15, 0.2) is 5.16 Å². The molecule has 10 nitrogen and oxygen atoms in total. The zero-order chi connectivity index (χ0) is 36.8. The van der Waals surface area contributed by atoms with E-state index in [4.69, 9.17) is 14.5 Å². The fraction of sp³-hybridized carbons (Fsp3) is 0.514. The highest BCUT2D eigenvalue weighted by atomic mass is 32.2. The maximum absolute atomic E-state index is 14.0. The summed E-state index contributed by atoms with van der Waals surface area (Å²) in [4.78, 5) is 48.6. The van der Waals surface area contributed by atoms with E-state index in [9.17, 15) is 32.7 Å². The van der Waals surface area contributed by atoms with Gasteiger partial charge < -0.3 is 24.4 Å². The zero-order valence-corrected chi connectivity index (χ0v) is 30.0. The minimum absolute atomic E-state index is 0.0301. The first-order valence-corrected chi connectivity index (χ1v) is 18.2. The molecule has 14 heteroatoms. The third-order valence-electron chi connectivity index (χ3n) is 8.77. The van der Waals surface area contributed by atoms with Crippen LogP contribution in [0.25, 0.3) is 5.69 Å². The number of hydrogen-bond acceptors (Lipinski definition) is 8. The largest absolute Gasteiger partial charge is 0.506 e. The number of rotatable bonds is 13. The molecule has 0 atom stereocenters. The number of thioether (sulfide) groups is 1. The van der Waals surface area contributed by atoms with Crippen LogP contribution in [0.1, 0.15) is 82.5 Å². The van der Waals surface area contributed by atoms with Crippen LogP contribution in [0.5, 0.6) is 11.5 Å². The van der Waals surface area contributed by atoms with Crippen molar-refractivity contribution in [1.82, 2.24) is 19.4 Å². The molecule has 0 radical (unpaired) electrons. The van der Waals surface area contributed by atoms with Crippen molar-refractivity contribution in [2.75, 3.05) is 26.2 Å². The van der Waals surface area contributed by atoms with Crippen LogP contribution in [0.3, 0.4) is 0 Å². The van der Waals surface area contributed by atoms with Crippen LogP contribution in [0.4, 0.5) is 18.0 Å². The fourth-order valence-corrected chi connectivity index (χ4v) is 7.09. The standard InChI is InChI=1S/C37H45F3N4O6S/c1-36(2,3)50-35(48)42(20-7-4-8-23-49-26-16-14-25(15-17-26)37(38,39)40)22-19-32(46)43-21-18-29-28(24-43)33(47)44(30-12-5-6-13-31(30)45)34(41-29)51-27-10-9-11-27/h5-6,12-17,27,45H,4,7-11,18-24H2,1-3H3. The molecule has 0 unspecified atom stereocenters. The van der Waals surface area contributed by atoms with Crippen molar-refractivity contribution in [1.29, 1.82) is 0 Å². The van der Waals surface area contributed by atoms with Crippen LogP contribution in [0, 0.1) is 0 Å². The quantitative estimate of drug-likeness (QED) is 0.143. The second kappa shape index (κ2) is 16.4. The van der Waals surface area contributed by atoms with Crippen molar-refractivity contribution in [3.8, 4) is 17.2 Å². The fourth-order valence-electron chi connectivity index (χ4n) is 5.77. The number of amides is 2. The number of nitrogens with zero attached hydrogens (tertiary/aromatic N) is 4. The molecule has 1 aromatic heterocycles. The number of fused-ring (bicyclic) bond motifs is 1. The minimum atomic E-state index is -4.41. The van der Waals surface area contributed by atoms with Gasteiger partial charge in [-0.3, -0.25) is 14.2 Å². The Bertz CT molecular complexity index is 1740. The summed E-state index contributed by atoms with van der Waals surface area (Å²) in [6.07, 6.45) is 0.610. The molecule has 2 aromatic carbocycles. The Morgan fingerprint density at radius 3 is 2.39 bits per heavy atom. The van der Waals surface area contributed by atoms with Crippen molar-refractivity contribution < 1.29 is 37.3 Å². The van der Waals surface area contributed by atoms with E-state index >= 15 is 0 Å². The number of phenolic OH excluding ortho intramolecular Hbond substituents is 1. The number of benzene rings is 2. The van der Waals surface area contributed by atoms with E-state index in [2.05, 4.69) is 0 Å². The average molecular weight is 731 g/mol. The maximum atomic E-state index is 14.0. The molecule has 3 aromatic rings. The Hall–Kier alpha value is -4.20. The molecule has 2 heterocycles. The SMILES string of the molecule is CC(C)(C)OC(=O)N(CCCCCOc1ccc(C(F)(F)F)cc1)CCC(=O)N1CCc2nc(SC3CCC3)n(-c3ccccc3O)c(=O)c2C1. The number of ether oxygens (including phenoxy) is 2. The number of aromatic hydroxyl groups is 1. The highest BCUT2D eigenvalue weighted by Crippen LogP contribution is 2.37. The summed E-state index contributed by atoms with van der Waals surface area (Å²) in [5.74, 6) is 0.105. The molecule has 1 saturated carbocycles. The summed E-state index contributed by atoms with van der Waals surface area (Å²) in [5.41, 5.74) is -0.354. The first-order chi connectivity index (χ1) is 24.2. The average Bonchev–Trinajstić information content (AvgIpc) is 3.05. The minimum Gasteiger partial charge on any atom is -0.506 e. The Balaban J connectivity index is 1.19. The number of hydrogen-bond donors (Lipinski definition) is 1. The Labute approximate surface area is 299 Å². The molecular weight excluding hydrogens is 685 g/mol. The molecule has 1 fully saturated rings. The topological polar surface area (TPSA) is 114 Å². The monoisotopic (exact) mass is 730 g/mol. The van der Waals surface area contributed by atoms with Gasteiger partial charge in [-0.1, -0.05) is 30.3 Å². The lowest BCUT2D eigenvalue weighted by Crippen LogP contribution is -2.43. The molecular formula is C37H45F3N4O6S. The summed E-state index contributed by atoms with van der Waals surface area (Å²) in [6.45, 7) is 6.52. The number of aromatic nitrogens is 2. The molecule has 0 saturated heterocycles. The predicted octanol–water partition coefficient (Wildman–Crippen LogP) is 7.36. The number of carbonyl (C=O) groups is 2. The van der Waals surface area contributed by atoms with Crippen molar-refractivity contribution >= 4 is 23.8 Å². The lowest BCUT2D eigenvalue weighted by atomic mass is 10.0. The van der Waals surface area contributed by atoms with Crippen LogP contribution in [-0.4, -0.2) is 73.5 Å². The van der Waals surface area contributed by atoms with Gasteiger partial charge in [-0.2, -0.15) is 13.2 Å². The molecule has 2 amide bonds. The molecule has 2 aliphatic rings. The summed E-state index contributed by atoms with van der Waals surface area (Å²) < 4.78 is 51.0. The predicted molar refractivity (Wildman–Crippen MR) is 187 cm³/mol. The summed E-state index contributed by atoms with van der Waals surface area (Å²) in [5, 5.41) is 11.5. The van der Waals surface area contributed by atoms with Gasteiger partial charge >= 0.3 is 12.3 Å². The van der Waals surface area contributed by atoms with Crippen LogP contribution in [0.15, 0.2) is 58.5 Å². The van der Waals surface area contributed by atoms with Gasteiger partial charge in [0.1, 0.15) is 17.1 Å². The number of phenols is 1. The van der Waals surface area contributed by atoms with Gasteiger partial charge in [-0.25, -0.2) is 9.78 Å². The van der Waals surface area contributed by atoms with E-state index in [1.54, 1.807) is 55.6 Å². The first kappa shape index (κ1) is 38.0. The van der Waals surface area contributed by atoms with E-state index < -0.39 is 23.4 Å². The van der Waals surface area contributed by atoms with Crippen molar-refractivity contribution in [2.45, 2.75) is 101 Å². The Morgan fingerprint density at radius 2 is 1.75 bits per heavy atom. The Kier molecular flexibility index (Phi) is 12.3. The van der Waals surface area contributed by atoms with Crippen LogP contribution in [0.2, 0.25) is 0 Å². The van der Waals surface area contributed by atoms with Crippen LogP contribution in [-0.2, 0) is 28.7 Å². The van der Waals surface area contributed by atoms with Gasteiger partial charge in [0.2, 0.25) is 5.91 Å². The van der Waals surface area contributed by atoms with E-state index in [1.807, 2.05) is 0 Å². The molecule has 276 valence electrons. The molecule has 1 aliphatic carbocycles. The molecule has 5 rings (SSSR count). The van der Waals surface area contributed by atoms with Gasteiger partial charge in [0.25, 0.3) is 5.56 Å². The van der Waals surface area contributed by atoms with E-state index in [1.165, 1.54) is 27.7 Å². The first-order valence-electron chi connectivity index (χ1n) is 17.3. The lowest BCUT2D eigenvalue weighted by molar-refractivity contribution is -0.137. The lowest BCUT2D eigenvalue weighted by Gasteiger charge is -2.31. The van der Waals surface area contributed by atoms with Crippen molar-refractivity contribution in [3.05, 3.63) is 75.7 Å². The number of alkyl halides is 3. The van der Waals surface area contributed by atoms with Crippen molar-refractivity contribution in [2.24, 2.45) is 0 Å². The number of halogens is 3. The van der Waals surface area contributed by atoms with Gasteiger partial charge in [0.05, 0.1) is 35.7 Å². The number of unbranched alkanes of at least 4 members (excludes halogenated alkanes) is 2. The normalized spacial score (nSPS) is 14.8. The molecule has 0 spiro atoms. The molecule has 1 N–H and O–H groups in total. The van der Waals surface area contributed by atoms with Crippen LogP contribution >= 0.6 is 11.8 Å². The third kappa shape index (κ3) is 10.2. The highest BCUT2D eigenvalue weighted by molar-refractivity contribution is 7.99. The highest BCUT2D eigenvalue weighted by Gasteiger charge is 2.31. The smallest absolute Gasteiger partial charge is 0.416 e. The second-order valence-corrected chi connectivity index (χ2v) is 15.1. The summed E-state index contributed by atoms with van der Waals surface area (Å²) in [7, 11) is 0. The number of carbonyl (C=O) groups excluding carboxylic acids is 2. The van der Waals surface area contributed by atoms with E-state index in [-0.39, 0.29) is 36.7 Å². The maximum Gasteiger partial charge on any atom is 0.416 e. The Morgan fingerprint density at radius 1 is 1.02 bits per heavy atom. The van der Waals surface area contributed by atoms with Gasteiger partial charge in [-0.05, 0) is 89.3 Å². The third-order valence-corrected chi connectivity index (χ3v) is 10.1. The molecule has 0 bridgehead atoms. The molecule has 1 aliphatic heterocycles. The van der Waals surface area contributed by atoms with Crippen LogP contribution < -0.4 is 10.3 Å².